The van der Waals surface area contributed by atoms with Gasteiger partial charge in [0.15, 0.2) is 5.82 Å². The van der Waals surface area contributed by atoms with Gasteiger partial charge in [0.05, 0.1) is 31.5 Å². The molecule has 7 N–H and O–H groups in total. The molecule has 13 nitrogen and oxygen atoms in total. The molecule has 0 aliphatic carbocycles. The van der Waals surface area contributed by atoms with Crippen molar-refractivity contribution in [3.63, 3.8) is 0 Å². The van der Waals surface area contributed by atoms with Crippen LogP contribution in [0.25, 0.3) is 20.9 Å². The third kappa shape index (κ3) is 10.6. The van der Waals surface area contributed by atoms with Crippen molar-refractivity contribution in [2.45, 2.75) is 25.3 Å². The lowest BCUT2D eigenvalue weighted by atomic mass is 10.1. The zero-order chi connectivity index (χ0) is 35.5. The molecule has 0 bridgehead atoms. The highest BCUT2D eigenvalue weighted by molar-refractivity contribution is 7.20. The minimum absolute atomic E-state index is 0. The maximum atomic E-state index is 13.2. The predicted octanol–water partition coefficient (Wildman–Crippen LogP) is 6.86. The van der Waals surface area contributed by atoms with Crippen molar-refractivity contribution in [1.82, 2.24) is 20.6 Å². The highest BCUT2D eigenvalue weighted by atomic mass is 35.5. The molecule has 16 heteroatoms. The zero-order valence-corrected chi connectivity index (χ0v) is 30.3. The minimum atomic E-state index is -1.00. The summed E-state index contributed by atoms with van der Waals surface area (Å²) in [5.74, 6) is 0.609. The van der Waals surface area contributed by atoms with Gasteiger partial charge in [-0.15, -0.1) is 35.1 Å². The summed E-state index contributed by atoms with van der Waals surface area (Å²) in [7, 11) is 3.21. The summed E-state index contributed by atoms with van der Waals surface area (Å²) in [6.07, 6.45) is 7.54. The second-order valence-corrected chi connectivity index (χ2v) is 13.2. The van der Waals surface area contributed by atoms with Gasteiger partial charge < -0.3 is 30.9 Å². The number of anilines is 3. The van der Waals surface area contributed by atoms with Crippen molar-refractivity contribution in [1.29, 1.82) is 0 Å². The molecular formula is C35H38ClN7O6S2. The van der Waals surface area contributed by atoms with E-state index < -0.39 is 12.0 Å². The first-order chi connectivity index (χ1) is 24.2. The molecule has 3 aromatic heterocycles. The molecule has 5 aromatic rings. The summed E-state index contributed by atoms with van der Waals surface area (Å²) in [6.45, 7) is 1.69. The van der Waals surface area contributed by atoms with Crippen LogP contribution in [-0.2, 0) is 0 Å². The molecule has 1 saturated heterocycles. The number of thiophene rings is 2. The van der Waals surface area contributed by atoms with Gasteiger partial charge in [-0.25, -0.2) is 14.6 Å². The number of nitrogen functional groups attached to an aromatic ring is 1. The number of benzene rings is 2. The summed E-state index contributed by atoms with van der Waals surface area (Å²) in [6, 6.07) is 17.9. The number of carbonyl (C=O) groups is 3. The van der Waals surface area contributed by atoms with Gasteiger partial charge in [0, 0.05) is 34.7 Å². The predicted molar refractivity (Wildman–Crippen MR) is 204 cm³/mol. The molecule has 0 saturated carbocycles. The molecule has 0 spiro atoms. The van der Waals surface area contributed by atoms with E-state index in [1.807, 2.05) is 54.6 Å². The topological polar surface area (TPSA) is 190 Å². The van der Waals surface area contributed by atoms with E-state index in [0.29, 0.717) is 21.4 Å². The number of nitrogens with zero attached hydrogens (tertiary/aromatic N) is 2. The lowest BCUT2D eigenvalue weighted by Crippen LogP contribution is -2.41. The number of nitrogens with one attached hydrogen (secondary N) is 4. The van der Waals surface area contributed by atoms with E-state index in [1.165, 1.54) is 41.3 Å². The van der Waals surface area contributed by atoms with E-state index in [4.69, 9.17) is 20.3 Å². The summed E-state index contributed by atoms with van der Waals surface area (Å²) >= 11 is 2.60. The van der Waals surface area contributed by atoms with Crippen LogP contribution in [0.5, 0.6) is 11.5 Å². The van der Waals surface area contributed by atoms with Gasteiger partial charge in [-0.2, -0.15) is 0 Å². The number of carboxylic acids is 1. The molecule has 268 valence electrons. The number of hydrogen-bond donors (Lipinski definition) is 6. The third-order valence-corrected chi connectivity index (χ3v) is 9.74. The number of halogens is 1. The molecule has 0 radical (unpaired) electrons. The van der Waals surface area contributed by atoms with E-state index >= 15 is 0 Å². The van der Waals surface area contributed by atoms with Crippen molar-refractivity contribution < 1.29 is 29.0 Å². The Balaban J connectivity index is 0.000000273. The van der Waals surface area contributed by atoms with Crippen LogP contribution in [0.1, 0.15) is 40.0 Å². The fraction of sp³-hybridized carbons (Fsp3) is 0.229. The third-order valence-electron chi connectivity index (χ3n) is 7.63. The highest BCUT2D eigenvalue weighted by Gasteiger charge is 2.22. The first-order valence-corrected chi connectivity index (χ1v) is 17.3. The molecule has 1 aliphatic heterocycles. The number of aromatic carboxylic acids is 1. The minimum Gasteiger partial charge on any atom is -0.497 e. The molecule has 6 rings (SSSR count). The normalized spacial score (nSPS) is 13.6. The van der Waals surface area contributed by atoms with Gasteiger partial charge in [0.1, 0.15) is 21.5 Å². The molecule has 1 atom stereocenters. The quantitative estimate of drug-likeness (QED) is 0.0929. The molecule has 3 amide bonds. The number of ether oxygens (including phenoxy) is 2. The van der Waals surface area contributed by atoms with E-state index in [1.54, 1.807) is 20.3 Å². The molecule has 0 unspecified atom stereocenters. The van der Waals surface area contributed by atoms with E-state index in [9.17, 15) is 14.4 Å². The van der Waals surface area contributed by atoms with Gasteiger partial charge in [0.25, 0.3) is 5.91 Å². The molecular weight excluding hydrogens is 714 g/mol. The smallest absolute Gasteiger partial charge is 0.338 e. The second kappa shape index (κ2) is 18.7. The lowest BCUT2D eigenvalue weighted by Gasteiger charge is -2.16. The van der Waals surface area contributed by atoms with Crippen molar-refractivity contribution >= 4 is 68.8 Å². The van der Waals surface area contributed by atoms with Crippen LogP contribution in [0.15, 0.2) is 79.3 Å². The Morgan fingerprint density at radius 3 is 2.08 bits per heavy atom. The fourth-order valence-corrected chi connectivity index (χ4v) is 7.02. The summed E-state index contributed by atoms with van der Waals surface area (Å²) in [5, 5.41) is 21.6. The van der Waals surface area contributed by atoms with Crippen LogP contribution in [0.2, 0.25) is 0 Å². The number of carbonyl (C=O) groups excluding carboxylic acids is 2. The number of methoxy groups -OCH3 is 2. The average molecular weight is 752 g/mol. The van der Waals surface area contributed by atoms with Crippen LogP contribution in [-0.4, -0.2) is 66.3 Å². The number of rotatable bonds is 9. The number of aromatic nitrogens is 2. The first kappa shape index (κ1) is 38.6. The Hall–Kier alpha value is -5.22. The molecule has 1 fully saturated rings. The second-order valence-electron chi connectivity index (χ2n) is 11.0. The van der Waals surface area contributed by atoms with Gasteiger partial charge in [-0.1, -0.05) is 6.42 Å². The van der Waals surface area contributed by atoms with Crippen LogP contribution in [0.4, 0.5) is 20.6 Å². The summed E-state index contributed by atoms with van der Waals surface area (Å²) in [4.78, 5) is 46.3. The Morgan fingerprint density at radius 2 is 1.51 bits per heavy atom. The number of amides is 3. The zero-order valence-electron chi connectivity index (χ0n) is 27.8. The Kier molecular flexibility index (Phi) is 14.1. The maximum absolute atomic E-state index is 13.2. The van der Waals surface area contributed by atoms with Crippen molar-refractivity contribution in [3.8, 4) is 32.4 Å². The maximum Gasteiger partial charge on any atom is 0.338 e. The SMILES string of the molecule is COc1ccc(-c2cc(C(=O)N[C@H]3CCCCNC3)c(NC(=O)Nc3cnccn3)s2)cc1.COc1ccc(-c2cc(C(=O)O)c(N)s2)cc1.Cl. The number of nitrogens with two attached hydrogens (primary N) is 1. The van der Waals surface area contributed by atoms with Crippen LogP contribution in [0.3, 0.4) is 0 Å². The standard InChI is InChI=1S/C23H26N6O3S.C12H11NO3S.ClH/c1-32-17-7-5-15(6-8-17)19-12-18(21(30)27-16-4-2-3-9-24-13-16)22(33-19)29-23(31)28-20-14-25-10-11-26-20;1-16-8-4-2-7(3-5-8)10-6-9(12(14)15)11(13)17-10;/h5-8,10-12,14,16,24H,2-4,9,13H2,1H3,(H,27,30)(H2,26,28,29,31);2-6H,13H2,1H3,(H,14,15);1H/t16-;;/m0../s1. The highest BCUT2D eigenvalue weighted by Crippen LogP contribution is 2.37. The first-order valence-electron chi connectivity index (χ1n) is 15.6. The molecule has 4 heterocycles. The van der Waals surface area contributed by atoms with Crippen molar-refractivity contribution in [2.75, 3.05) is 43.7 Å². The molecule has 2 aromatic carbocycles. The molecule has 51 heavy (non-hydrogen) atoms. The van der Waals surface area contributed by atoms with Crippen LogP contribution >= 0.6 is 35.1 Å². The molecule has 1 aliphatic rings. The monoisotopic (exact) mass is 751 g/mol. The van der Waals surface area contributed by atoms with E-state index in [2.05, 4.69) is 31.2 Å². The summed E-state index contributed by atoms with van der Waals surface area (Å²) in [5.41, 5.74) is 8.07. The van der Waals surface area contributed by atoms with Gasteiger partial charge in [-0.3, -0.25) is 20.4 Å². The van der Waals surface area contributed by atoms with Crippen LogP contribution < -0.4 is 36.5 Å². The van der Waals surface area contributed by atoms with Gasteiger partial charge in [0.2, 0.25) is 0 Å². The Bertz CT molecular complexity index is 1900. The number of hydrogen-bond acceptors (Lipinski definition) is 11. The number of carboxylic acid groups (broad SMARTS) is 1. The fourth-order valence-electron chi connectivity index (χ4n) is 5.04. The Morgan fingerprint density at radius 1 is 0.882 bits per heavy atom. The van der Waals surface area contributed by atoms with Crippen molar-refractivity contribution in [2.24, 2.45) is 0 Å². The van der Waals surface area contributed by atoms with Crippen molar-refractivity contribution in [3.05, 3.63) is 90.4 Å². The van der Waals surface area contributed by atoms with Crippen LogP contribution in [0, 0.1) is 0 Å². The van der Waals surface area contributed by atoms with E-state index in [0.717, 1.165) is 64.7 Å². The van der Waals surface area contributed by atoms with E-state index in [-0.39, 0.29) is 29.9 Å². The van der Waals surface area contributed by atoms with Gasteiger partial charge >= 0.3 is 12.0 Å². The number of urea groups is 1. The lowest BCUT2D eigenvalue weighted by molar-refractivity contribution is 0.0698. The Labute approximate surface area is 309 Å². The average Bonchev–Trinajstić information content (AvgIpc) is 3.64. The largest absolute Gasteiger partial charge is 0.497 e. The summed E-state index contributed by atoms with van der Waals surface area (Å²) < 4.78 is 10.3. The van der Waals surface area contributed by atoms with Gasteiger partial charge in [-0.05, 0) is 91.2 Å².